The summed E-state index contributed by atoms with van der Waals surface area (Å²) in [5.41, 5.74) is -1.01. The monoisotopic (exact) mass is 294 g/mol. The second-order valence-corrected chi connectivity index (χ2v) is 5.60. The Kier molecular flexibility index (Phi) is 5.40. The molecule has 5 heteroatoms. The summed E-state index contributed by atoms with van der Waals surface area (Å²) in [5, 5.41) is 9.90. The zero-order chi connectivity index (χ0) is 15.3. The summed E-state index contributed by atoms with van der Waals surface area (Å²) in [5.74, 6) is 5.88. The number of allylic oxidation sites excluding steroid dienone is 1. The molecule has 0 radical (unpaired) electrons. The van der Waals surface area contributed by atoms with E-state index in [4.69, 9.17) is 14.2 Å². The Morgan fingerprint density at radius 1 is 1.57 bits per heavy atom. The first-order valence-electron chi connectivity index (χ1n) is 7.31. The molecule has 0 saturated carbocycles. The second kappa shape index (κ2) is 7.08. The zero-order valence-corrected chi connectivity index (χ0v) is 12.6. The Bertz CT molecular complexity index is 467. The van der Waals surface area contributed by atoms with E-state index in [1.807, 2.05) is 0 Å². The Hall–Kier alpha value is -1.35. The smallest absolute Gasteiger partial charge is 0.202 e. The summed E-state index contributed by atoms with van der Waals surface area (Å²) in [6.45, 7) is 4.33. The van der Waals surface area contributed by atoms with Gasteiger partial charge in [-0.05, 0) is 33.1 Å². The molecule has 3 atom stereocenters. The third kappa shape index (κ3) is 4.57. The third-order valence-electron chi connectivity index (χ3n) is 3.57. The van der Waals surface area contributed by atoms with Crippen LogP contribution < -0.4 is 0 Å². The van der Waals surface area contributed by atoms with Gasteiger partial charge in [0.2, 0.25) is 5.78 Å². The first-order valence-corrected chi connectivity index (χ1v) is 7.31. The van der Waals surface area contributed by atoms with Gasteiger partial charge in [-0.25, -0.2) is 0 Å². The molecular formula is C16H22O5. The average Bonchev–Trinajstić information content (AvgIpc) is 2.68. The second-order valence-electron chi connectivity index (χ2n) is 5.60. The van der Waals surface area contributed by atoms with E-state index in [0.29, 0.717) is 5.76 Å². The van der Waals surface area contributed by atoms with E-state index >= 15 is 0 Å². The molecule has 116 valence electrons. The van der Waals surface area contributed by atoms with Gasteiger partial charge in [0.05, 0.1) is 5.76 Å². The average molecular weight is 294 g/mol. The van der Waals surface area contributed by atoms with Crippen molar-refractivity contribution < 1.29 is 24.1 Å². The molecule has 0 aromatic rings. The van der Waals surface area contributed by atoms with Gasteiger partial charge in [0.25, 0.3) is 0 Å². The topological polar surface area (TPSA) is 65.0 Å². The minimum Gasteiger partial charge on any atom is -0.484 e. The molecule has 21 heavy (non-hydrogen) atoms. The number of ketones is 1. The molecule has 0 aliphatic carbocycles. The van der Waals surface area contributed by atoms with E-state index < -0.39 is 11.7 Å². The first-order chi connectivity index (χ1) is 9.99. The molecule has 0 spiro atoms. The molecule has 2 rings (SSSR count). The molecule has 0 aromatic carbocycles. The van der Waals surface area contributed by atoms with Crippen molar-refractivity contribution in [3.8, 4) is 11.8 Å². The van der Waals surface area contributed by atoms with Crippen molar-refractivity contribution in [1.29, 1.82) is 0 Å². The van der Waals surface area contributed by atoms with Crippen molar-refractivity contribution >= 4 is 5.78 Å². The standard InChI is InChI=1S/C16H22O5/c1-12-10-14(18)16(2,21-12)11-13(17)6-5-9-20-15-7-3-4-8-19-15/h10,13,15,17H,3-4,7-9,11H2,1-2H3/t13-,15?,16+/m0/s1. The summed E-state index contributed by atoms with van der Waals surface area (Å²) in [6, 6.07) is 0. The fourth-order valence-corrected chi connectivity index (χ4v) is 2.47. The van der Waals surface area contributed by atoms with E-state index in [2.05, 4.69) is 11.8 Å². The van der Waals surface area contributed by atoms with Crippen LogP contribution in [0.3, 0.4) is 0 Å². The number of carbonyl (C=O) groups excluding carboxylic acids is 1. The highest BCUT2D eigenvalue weighted by Gasteiger charge is 2.40. The van der Waals surface area contributed by atoms with E-state index in [-0.39, 0.29) is 25.1 Å². The van der Waals surface area contributed by atoms with Gasteiger partial charge in [0, 0.05) is 19.1 Å². The maximum Gasteiger partial charge on any atom is 0.202 e. The van der Waals surface area contributed by atoms with E-state index in [9.17, 15) is 9.90 Å². The number of aliphatic hydroxyl groups is 1. The van der Waals surface area contributed by atoms with Gasteiger partial charge in [0.1, 0.15) is 12.7 Å². The van der Waals surface area contributed by atoms with Crippen molar-refractivity contribution in [3.63, 3.8) is 0 Å². The van der Waals surface area contributed by atoms with Crippen LogP contribution in [0.5, 0.6) is 0 Å². The Balaban J connectivity index is 1.73. The van der Waals surface area contributed by atoms with Crippen LogP contribution in [0.25, 0.3) is 0 Å². The summed E-state index contributed by atoms with van der Waals surface area (Å²) < 4.78 is 16.3. The van der Waals surface area contributed by atoms with E-state index in [0.717, 1.165) is 25.9 Å². The van der Waals surface area contributed by atoms with Crippen LogP contribution in [0, 0.1) is 11.8 Å². The minimum absolute atomic E-state index is 0.132. The molecule has 2 aliphatic rings. The van der Waals surface area contributed by atoms with E-state index in [1.165, 1.54) is 6.08 Å². The lowest BCUT2D eigenvalue weighted by molar-refractivity contribution is -0.154. The number of hydrogen-bond acceptors (Lipinski definition) is 5. The molecule has 1 unspecified atom stereocenters. The number of hydrogen-bond donors (Lipinski definition) is 1. The quantitative estimate of drug-likeness (QED) is 0.797. The molecule has 0 bridgehead atoms. The molecule has 1 saturated heterocycles. The van der Waals surface area contributed by atoms with Crippen LogP contribution in [0.2, 0.25) is 0 Å². The number of carbonyl (C=O) groups is 1. The largest absolute Gasteiger partial charge is 0.484 e. The van der Waals surface area contributed by atoms with Crippen LogP contribution in [-0.2, 0) is 19.0 Å². The highest BCUT2D eigenvalue weighted by Crippen LogP contribution is 2.28. The molecule has 1 N–H and O–H groups in total. The van der Waals surface area contributed by atoms with Crippen molar-refractivity contribution in [2.24, 2.45) is 0 Å². The molecular weight excluding hydrogens is 272 g/mol. The predicted molar refractivity (Wildman–Crippen MR) is 76.2 cm³/mol. The molecule has 0 aromatic heterocycles. The van der Waals surface area contributed by atoms with Crippen molar-refractivity contribution in [2.75, 3.05) is 13.2 Å². The van der Waals surface area contributed by atoms with Crippen LogP contribution in [-0.4, -0.2) is 42.1 Å². The van der Waals surface area contributed by atoms with Gasteiger partial charge in [-0.3, -0.25) is 4.79 Å². The lowest BCUT2D eigenvalue weighted by Gasteiger charge is -2.24. The van der Waals surface area contributed by atoms with Crippen LogP contribution >= 0.6 is 0 Å². The Labute approximate surface area is 125 Å². The molecule has 1 fully saturated rings. The maximum atomic E-state index is 11.8. The number of ether oxygens (including phenoxy) is 3. The molecule has 5 nitrogen and oxygen atoms in total. The highest BCUT2D eigenvalue weighted by molar-refractivity contribution is 5.99. The fraction of sp³-hybridized carbons (Fsp3) is 0.688. The molecule has 0 amide bonds. The van der Waals surface area contributed by atoms with Gasteiger partial charge < -0.3 is 19.3 Å². The summed E-state index contributed by atoms with van der Waals surface area (Å²) in [6.07, 6.45) is 3.55. The minimum atomic E-state index is -1.01. The maximum absolute atomic E-state index is 11.8. The molecule has 2 aliphatic heterocycles. The predicted octanol–water partition coefficient (Wildman–Crippen LogP) is 1.55. The zero-order valence-electron chi connectivity index (χ0n) is 12.6. The lowest BCUT2D eigenvalue weighted by Crippen LogP contribution is -2.36. The number of aliphatic hydroxyl groups excluding tert-OH is 1. The summed E-state index contributed by atoms with van der Waals surface area (Å²) in [4.78, 5) is 11.8. The van der Waals surface area contributed by atoms with Gasteiger partial charge in [0.15, 0.2) is 11.9 Å². The molecule has 2 heterocycles. The normalized spacial score (nSPS) is 30.1. The summed E-state index contributed by atoms with van der Waals surface area (Å²) in [7, 11) is 0. The Morgan fingerprint density at radius 2 is 2.38 bits per heavy atom. The van der Waals surface area contributed by atoms with Crippen LogP contribution in [0.1, 0.15) is 39.5 Å². The Morgan fingerprint density at radius 3 is 3.00 bits per heavy atom. The van der Waals surface area contributed by atoms with Crippen LogP contribution in [0.15, 0.2) is 11.8 Å². The van der Waals surface area contributed by atoms with Gasteiger partial charge >= 0.3 is 0 Å². The highest BCUT2D eigenvalue weighted by atomic mass is 16.7. The van der Waals surface area contributed by atoms with Crippen molar-refractivity contribution in [1.82, 2.24) is 0 Å². The van der Waals surface area contributed by atoms with Crippen molar-refractivity contribution in [3.05, 3.63) is 11.8 Å². The van der Waals surface area contributed by atoms with Gasteiger partial charge in [-0.1, -0.05) is 11.8 Å². The first kappa shape index (κ1) is 16.0. The van der Waals surface area contributed by atoms with Crippen molar-refractivity contribution in [2.45, 2.75) is 57.5 Å². The summed E-state index contributed by atoms with van der Waals surface area (Å²) >= 11 is 0. The lowest BCUT2D eigenvalue weighted by atomic mass is 9.94. The third-order valence-corrected chi connectivity index (χ3v) is 3.57. The van der Waals surface area contributed by atoms with E-state index in [1.54, 1.807) is 13.8 Å². The SMILES string of the molecule is CC1=CC(=O)[C@@](C)(C[C@@H](O)C#CCOC2CCCCO2)O1. The fourth-order valence-electron chi connectivity index (χ4n) is 2.47. The van der Waals surface area contributed by atoms with Crippen LogP contribution in [0.4, 0.5) is 0 Å². The number of rotatable bonds is 4. The van der Waals surface area contributed by atoms with Gasteiger partial charge in [-0.15, -0.1) is 0 Å². The van der Waals surface area contributed by atoms with Gasteiger partial charge in [-0.2, -0.15) is 0 Å².